The highest BCUT2D eigenvalue weighted by atomic mass is 16.6. The number of ether oxygens (including phenoxy) is 3. The van der Waals surface area contributed by atoms with Crippen molar-refractivity contribution in [2.45, 2.75) is 26.4 Å². The maximum absolute atomic E-state index is 11.3. The summed E-state index contributed by atoms with van der Waals surface area (Å²) < 4.78 is 14.4. The Morgan fingerprint density at radius 3 is 2.56 bits per heavy atom. The van der Waals surface area contributed by atoms with Crippen LogP contribution < -0.4 is 0 Å². The summed E-state index contributed by atoms with van der Waals surface area (Å²) in [4.78, 5) is 22.3. The lowest BCUT2D eigenvalue weighted by Crippen LogP contribution is -2.26. The van der Waals surface area contributed by atoms with Crippen molar-refractivity contribution in [3.8, 4) is 0 Å². The molecule has 5 heteroatoms. The summed E-state index contributed by atoms with van der Waals surface area (Å²) >= 11 is 0. The third kappa shape index (κ3) is 7.00. The lowest BCUT2D eigenvalue weighted by atomic mass is 10.4. The van der Waals surface area contributed by atoms with Crippen LogP contribution in [0.25, 0.3) is 0 Å². The fourth-order valence-electron chi connectivity index (χ4n) is 0.891. The van der Waals surface area contributed by atoms with Gasteiger partial charge in [0, 0.05) is 26.2 Å². The molecular formula is C11H18O5. The maximum Gasteiger partial charge on any atom is 0.347 e. The molecule has 92 valence electrons. The molecule has 0 fully saturated rings. The number of allylic oxidation sites excluding steroid dienone is 1. The van der Waals surface area contributed by atoms with Crippen LogP contribution in [0.3, 0.4) is 0 Å². The highest BCUT2D eigenvalue weighted by Gasteiger charge is 2.17. The van der Waals surface area contributed by atoms with E-state index >= 15 is 0 Å². The Labute approximate surface area is 95.4 Å². The first-order valence-electron chi connectivity index (χ1n) is 5.10. The van der Waals surface area contributed by atoms with E-state index in [1.54, 1.807) is 20.1 Å². The van der Waals surface area contributed by atoms with Crippen LogP contribution in [0.2, 0.25) is 0 Å². The second kappa shape index (κ2) is 8.91. The third-order valence-corrected chi connectivity index (χ3v) is 1.66. The van der Waals surface area contributed by atoms with Crippen LogP contribution in [-0.4, -0.2) is 38.4 Å². The van der Waals surface area contributed by atoms with Crippen LogP contribution >= 0.6 is 0 Å². The summed E-state index contributed by atoms with van der Waals surface area (Å²) in [5.74, 6) is -1.10. The quantitative estimate of drug-likeness (QED) is 0.372. The molecule has 0 radical (unpaired) electrons. The van der Waals surface area contributed by atoms with Gasteiger partial charge in [0.25, 0.3) is 0 Å². The second-order valence-electron chi connectivity index (χ2n) is 3.09. The van der Waals surface area contributed by atoms with E-state index < -0.39 is 18.0 Å². The van der Waals surface area contributed by atoms with Crippen molar-refractivity contribution < 1.29 is 23.8 Å². The first-order chi connectivity index (χ1) is 7.61. The zero-order chi connectivity index (χ0) is 12.4. The molecule has 0 saturated carbocycles. The van der Waals surface area contributed by atoms with Gasteiger partial charge in [0.1, 0.15) is 0 Å². The Morgan fingerprint density at radius 1 is 1.31 bits per heavy atom. The van der Waals surface area contributed by atoms with Crippen LogP contribution in [0.1, 0.15) is 20.3 Å². The highest BCUT2D eigenvalue weighted by molar-refractivity contribution is 5.85. The summed E-state index contributed by atoms with van der Waals surface area (Å²) in [5, 5.41) is 0. The van der Waals surface area contributed by atoms with E-state index in [1.165, 1.54) is 13.0 Å². The SMILES string of the molecule is C/C=C/C(=O)OC(C)C(=O)OCCCOC. The van der Waals surface area contributed by atoms with Crippen LogP contribution in [-0.2, 0) is 23.8 Å². The van der Waals surface area contributed by atoms with Gasteiger partial charge >= 0.3 is 11.9 Å². The van der Waals surface area contributed by atoms with E-state index in [9.17, 15) is 9.59 Å². The molecule has 0 heterocycles. The largest absolute Gasteiger partial charge is 0.463 e. The van der Waals surface area contributed by atoms with Crippen molar-refractivity contribution in [3.63, 3.8) is 0 Å². The van der Waals surface area contributed by atoms with E-state index in [0.29, 0.717) is 13.0 Å². The summed E-state index contributed by atoms with van der Waals surface area (Å²) in [7, 11) is 1.57. The summed E-state index contributed by atoms with van der Waals surface area (Å²) in [6.45, 7) is 3.95. The molecule has 5 nitrogen and oxygen atoms in total. The molecule has 0 spiro atoms. The topological polar surface area (TPSA) is 61.8 Å². The minimum absolute atomic E-state index is 0.262. The van der Waals surface area contributed by atoms with Crippen molar-refractivity contribution >= 4 is 11.9 Å². The molecule has 1 unspecified atom stereocenters. The van der Waals surface area contributed by atoms with Crippen molar-refractivity contribution in [2.24, 2.45) is 0 Å². The molecular weight excluding hydrogens is 212 g/mol. The van der Waals surface area contributed by atoms with Crippen LogP contribution in [0.5, 0.6) is 0 Å². The van der Waals surface area contributed by atoms with E-state index in [2.05, 4.69) is 0 Å². The summed E-state index contributed by atoms with van der Waals surface area (Å²) in [6, 6.07) is 0. The number of esters is 2. The molecule has 0 rings (SSSR count). The van der Waals surface area contributed by atoms with Gasteiger partial charge in [0.05, 0.1) is 6.61 Å². The molecule has 0 aliphatic carbocycles. The molecule has 0 saturated heterocycles. The predicted octanol–water partition coefficient (Wildman–Crippen LogP) is 1.07. The van der Waals surface area contributed by atoms with E-state index in [4.69, 9.17) is 14.2 Å². The lowest BCUT2D eigenvalue weighted by molar-refractivity contribution is -0.164. The Morgan fingerprint density at radius 2 is 2.00 bits per heavy atom. The van der Waals surface area contributed by atoms with Gasteiger partial charge in [0.2, 0.25) is 0 Å². The lowest BCUT2D eigenvalue weighted by Gasteiger charge is -2.11. The van der Waals surface area contributed by atoms with Crippen molar-refractivity contribution in [2.75, 3.05) is 20.3 Å². The van der Waals surface area contributed by atoms with Gasteiger partial charge in [-0.25, -0.2) is 9.59 Å². The Bertz CT molecular complexity index is 247. The zero-order valence-electron chi connectivity index (χ0n) is 9.89. The van der Waals surface area contributed by atoms with E-state index in [0.717, 1.165) is 0 Å². The summed E-state index contributed by atoms with van der Waals surface area (Å²) in [5.41, 5.74) is 0. The smallest absolute Gasteiger partial charge is 0.347 e. The number of rotatable bonds is 7. The average molecular weight is 230 g/mol. The Balaban J connectivity index is 3.77. The van der Waals surface area contributed by atoms with Gasteiger partial charge in [0.15, 0.2) is 6.10 Å². The third-order valence-electron chi connectivity index (χ3n) is 1.66. The standard InChI is InChI=1S/C11H18O5/c1-4-6-10(12)16-9(2)11(13)15-8-5-7-14-3/h4,6,9H,5,7-8H2,1-3H3/b6-4+. The van der Waals surface area contributed by atoms with E-state index in [-0.39, 0.29) is 6.61 Å². The van der Waals surface area contributed by atoms with Gasteiger partial charge in [-0.2, -0.15) is 0 Å². The normalized spacial score (nSPS) is 12.4. The zero-order valence-corrected chi connectivity index (χ0v) is 9.89. The van der Waals surface area contributed by atoms with Crippen molar-refractivity contribution in [3.05, 3.63) is 12.2 Å². The molecule has 0 aliphatic rings. The number of methoxy groups -OCH3 is 1. The van der Waals surface area contributed by atoms with Gasteiger partial charge in [-0.1, -0.05) is 6.08 Å². The molecule has 0 amide bonds. The van der Waals surface area contributed by atoms with Gasteiger partial charge in [-0.05, 0) is 13.8 Å². The van der Waals surface area contributed by atoms with Crippen LogP contribution in [0.4, 0.5) is 0 Å². The molecule has 0 aliphatic heterocycles. The number of hydrogen-bond acceptors (Lipinski definition) is 5. The number of carbonyl (C=O) groups excluding carboxylic acids is 2. The molecule has 0 aromatic rings. The van der Waals surface area contributed by atoms with Crippen LogP contribution in [0.15, 0.2) is 12.2 Å². The van der Waals surface area contributed by atoms with E-state index in [1.807, 2.05) is 0 Å². The monoisotopic (exact) mass is 230 g/mol. The van der Waals surface area contributed by atoms with Gasteiger partial charge in [-0.3, -0.25) is 0 Å². The molecule has 0 N–H and O–H groups in total. The molecule has 1 atom stereocenters. The second-order valence-corrected chi connectivity index (χ2v) is 3.09. The summed E-state index contributed by atoms with van der Waals surface area (Å²) in [6.07, 6.45) is 2.53. The predicted molar refractivity (Wildman–Crippen MR) is 57.8 cm³/mol. The Kier molecular flexibility index (Phi) is 8.15. The fraction of sp³-hybridized carbons (Fsp3) is 0.636. The minimum atomic E-state index is -0.883. The average Bonchev–Trinajstić information content (AvgIpc) is 2.24. The van der Waals surface area contributed by atoms with Crippen LogP contribution in [0, 0.1) is 0 Å². The Hall–Kier alpha value is -1.36. The minimum Gasteiger partial charge on any atom is -0.463 e. The highest BCUT2D eigenvalue weighted by Crippen LogP contribution is 1.97. The molecule has 0 aromatic heterocycles. The van der Waals surface area contributed by atoms with Crippen molar-refractivity contribution in [1.29, 1.82) is 0 Å². The molecule has 0 bridgehead atoms. The fourth-order valence-corrected chi connectivity index (χ4v) is 0.891. The first-order valence-corrected chi connectivity index (χ1v) is 5.10. The van der Waals surface area contributed by atoms with Gasteiger partial charge in [-0.15, -0.1) is 0 Å². The first kappa shape index (κ1) is 14.6. The molecule has 16 heavy (non-hydrogen) atoms. The maximum atomic E-state index is 11.3. The van der Waals surface area contributed by atoms with Crippen molar-refractivity contribution in [1.82, 2.24) is 0 Å². The number of hydrogen-bond donors (Lipinski definition) is 0. The molecule has 0 aromatic carbocycles. The number of carbonyl (C=O) groups is 2. The van der Waals surface area contributed by atoms with Gasteiger partial charge < -0.3 is 14.2 Å².